The molecular formula is C17H18N4O3. The van der Waals surface area contributed by atoms with E-state index < -0.39 is 5.92 Å². The quantitative estimate of drug-likeness (QED) is 0.906. The van der Waals surface area contributed by atoms with Gasteiger partial charge >= 0.3 is 6.01 Å². The zero-order valence-corrected chi connectivity index (χ0v) is 13.3. The number of aromatic nitrogens is 2. The molecule has 1 aliphatic heterocycles. The van der Waals surface area contributed by atoms with Crippen molar-refractivity contribution in [3.05, 3.63) is 42.7 Å². The summed E-state index contributed by atoms with van der Waals surface area (Å²) in [5.74, 6) is -0.664. The third kappa shape index (κ3) is 3.51. The van der Waals surface area contributed by atoms with E-state index >= 15 is 0 Å². The van der Waals surface area contributed by atoms with Crippen LogP contribution in [0.3, 0.4) is 0 Å². The van der Waals surface area contributed by atoms with Gasteiger partial charge in [0.15, 0.2) is 0 Å². The van der Waals surface area contributed by atoms with Crippen molar-refractivity contribution in [3.63, 3.8) is 0 Å². The zero-order chi connectivity index (χ0) is 16.9. The zero-order valence-electron chi connectivity index (χ0n) is 13.3. The Bertz CT molecular complexity index is 718. The van der Waals surface area contributed by atoms with Crippen molar-refractivity contribution in [2.45, 2.75) is 13.3 Å². The Morgan fingerprint density at radius 2 is 2.00 bits per heavy atom. The van der Waals surface area contributed by atoms with Crippen molar-refractivity contribution >= 4 is 23.2 Å². The number of nitrogens with zero attached hydrogens (tertiary/aromatic N) is 3. The Morgan fingerprint density at radius 1 is 1.29 bits per heavy atom. The van der Waals surface area contributed by atoms with Crippen molar-refractivity contribution in [1.82, 2.24) is 9.97 Å². The number of ether oxygens (including phenoxy) is 1. The molecule has 1 aliphatic rings. The van der Waals surface area contributed by atoms with Crippen LogP contribution in [-0.4, -0.2) is 34.9 Å². The van der Waals surface area contributed by atoms with E-state index in [-0.39, 0.29) is 24.2 Å². The van der Waals surface area contributed by atoms with E-state index in [4.69, 9.17) is 4.74 Å². The van der Waals surface area contributed by atoms with Gasteiger partial charge < -0.3 is 15.0 Å². The summed E-state index contributed by atoms with van der Waals surface area (Å²) in [5, 5.41) is 2.75. The number of rotatable bonds is 5. The fourth-order valence-electron chi connectivity index (χ4n) is 2.57. The molecule has 24 heavy (non-hydrogen) atoms. The molecule has 0 bridgehead atoms. The van der Waals surface area contributed by atoms with E-state index in [2.05, 4.69) is 15.3 Å². The first-order valence-electron chi connectivity index (χ1n) is 7.78. The number of hydrogen-bond donors (Lipinski definition) is 1. The monoisotopic (exact) mass is 326 g/mol. The molecule has 1 atom stereocenters. The molecule has 2 aromatic rings. The van der Waals surface area contributed by atoms with Gasteiger partial charge in [-0.1, -0.05) is 18.2 Å². The number of amides is 2. The molecule has 2 heterocycles. The molecule has 1 N–H and O–H groups in total. The summed E-state index contributed by atoms with van der Waals surface area (Å²) in [5.41, 5.74) is 1.29. The van der Waals surface area contributed by atoms with Gasteiger partial charge in [0.1, 0.15) is 0 Å². The maximum absolute atomic E-state index is 12.4. The van der Waals surface area contributed by atoms with E-state index in [0.717, 1.165) is 5.69 Å². The van der Waals surface area contributed by atoms with Gasteiger partial charge in [-0.25, -0.2) is 9.97 Å². The number of hydrogen-bond acceptors (Lipinski definition) is 5. The smallest absolute Gasteiger partial charge is 0.316 e. The second-order valence-electron chi connectivity index (χ2n) is 5.42. The van der Waals surface area contributed by atoms with Crippen molar-refractivity contribution in [3.8, 4) is 6.01 Å². The number of carbonyl (C=O) groups excluding carboxylic acids is 2. The second-order valence-corrected chi connectivity index (χ2v) is 5.42. The van der Waals surface area contributed by atoms with Crippen LogP contribution in [0, 0.1) is 5.92 Å². The second kappa shape index (κ2) is 7.08. The lowest BCUT2D eigenvalue weighted by atomic mass is 10.1. The average molecular weight is 326 g/mol. The van der Waals surface area contributed by atoms with E-state index in [0.29, 0.717) is 18.8 Å². The number of nitrogens with one attached hydrogen (secondary N) is 1. The normalized spacial score (nSPS) is 17.0. The minimum absolute atomic E-state index is 0.0516. The molecule has 124 valence electrons. The lowest BCUT2D eigenvalue weighted by Gasteiger charge is -2.16. The Balaban J connectivity index is 1.62. The maximum atomic E-state index is 12.4. The molecule has 7 heteroatoms. The van der Waals surface area contributed by atoms with Crippen molar-refractivity contribution in [2.24, 2.45) is 5.92 Å². The molecule has 0 saturated carbocycles. The summed E-state index contributed by atoms with van der Waals surface area (Å²) in [6, 6.07) is 9.61. The summed E-state index contributed by atoms with van der Waals surface area (Å²) in [6.45, 7) is 2.69. The van der Waals surface area contributed by atoms with Gasteiger partial charge in [0.25, 0.3) is 0 Å². The fourth-order valence-corrected chi connectivity index (χ4v) is 2.57. The highest BCUT2D eigenvalue weighted by Gasteiger charge is 2.35. The Labute approximate surface area is 139 Å². The van der Waals surface area contributed by atoms with Crippen LogP contribution in [0.4, 0.5) is 11.4 Å². The summed E-state index contributed by atoms with van der Waals surface area (Å²) < 4.78 is 5.16. The number of anilines is 2. The SMILES string of the molecule is CCOc1ncc(NC(=O)C2CC(=O)N(c3ccccc3)C2)cn1. The van der Waals surface area contributed by atoms with Crippen LogP contribution in [0.1, 0.15) is 13.3 Å². The summed E-state index contributed by atoms with van der Waals surface area (Å²) in [7, 11) is 0. The van der Waals surface area contributed by atoms with Gasteiger partial charge in [-0.2, -0.15) is 0 Å². The average Bonchev–Trinajstić information content (AvgIpc) is 3.00. The molecule has 2 amide bonds. The van der Waals surface area contributed by atoms with Crippen LogP contribution in [-0.2, 0) is 9.59 Å². The van der Waals surface area contributed by atoms with Crippen molar-refractivity contribution in [2.75, 3.05) is 23.4 Å². The molecule has 3 rings (SSSR count). The summed E-state index contributed by atoms with van der Waals surface area (Å²) in [4.78, 5) is 34.2. The lowest BCUT2D eigenvalue weighted by Crippen LogP contribution is -2.28. The lowest BCUT2D eigenvalue weighted by molar-refractivity contribution is -0.122. The first-order valence-corrected chi connectivity index (χ1v) is 7.78. The number of carbonyl (C=O) groups is 2. The van der Waals surface area contributed by atoms with Crippen LogP contribution in [0.5, 0.6) is 6.01 Å². The summed E-state index contributed by atoms with van der Waals surface area (Å²) in [6.07, 6.45) is 3.17. The highest BCUT2D eigenvalue weighted by Crippen LogP contribution is 2.25. The summed E-state index contributed by atoms with van der Waals surface area (Å²) >= 11 is 0. The van der Waals surface area contributed by atoms with Crippen LogP contribution in [0.15, 0.2) is 42.7 Å². The van der Waals surface area contributed by atoms with Gasteiger partial charge in [-0.15, -0.1) is 0 Å². The topological polar surface area (TPSA) is 84.4 Å². The minimum atomic E-state index is -0.399. The predicted octanol–water partition coefficient (Wildman–Crippen LogP) is 1.87. The van der Waals surface area contributed by atoms with Crippen LogP contribution >= 0.6 is 0 Å². The third-order valence-electron chi connectivity index (χ3n) is 3.73. The largest absolute Gasteiger partial charge is 0.464 e. The Kier molecular flexibility index (Phi) is 4.69. The van der Waals surface area contributed by atoms with Gasteiger partial charge in [0.05, 0.1) is 30.6 Å². The Hall–Kier alpha value is -2.96. The first kappa shape index (κ1) is 15.9. The fraction of sp³-hybridized carbons (Fsp3) is 0.294. The molecule has 0 aliphatic carbocycles. The molecule has 1 aromatic heterocycles. The number of benzene rings is 1. The van der Waals surface area contributed by atoms with Crippen LogP contribution in [0.2, 0.25) is 0 Å². The molecule has 1 fully saturated rings. The molecule has 1 aromatic carbocycles. The van der Waals surface area contributed by atoms with Gasteiger partial charge in [0, 0.05) is 18.7 Å². The first-order chi connectivity index (χ1) is 11.7. The van der Waals surface area contributed by atoms with E-state index in [9.17, 15) is 9.59 Å². The van der Waals surface area contributed by atoms with Crippen molar-refractivity contribution in [1.29, 1.82) is 0 Å². The minimum Gasteiger partial charge on any atom is -0.464 e. The molecule has 1 unspecified atom stereocenters. The Morgan fingerprint density at radius 3 is 2.67 bits per heavy atom. The molecule has 7 nitrogen and oxygen atoms in total. The molecular weight excluding hydrogens is 308 g/mol. The predicted molar refractivity (Wildman–Crippen MR) is 88.7 cm³/mol. The highest BCUT2D eigenvalue weighted by atomic mass is 16.5. The molecule has 0 radical (unpaired) electrons. The van der Waals surface area contributed by atoms with Crippen LogP contribution < -0.4 is 15.0 Å². The van der Waals surface area contributed by atoms with Gasteiger partial charge in [-0.3, -0.25) is 9.59 Å². The number of para-hydroxylation sites is 1. The van der Waals surface area contributed by atoms with E-state index in [1.54, 1.807) is 4.90 Å². The standard InChI is InChI=1S/C17H18N4O3/c1-2-24-17-18-9-13(10-19-17)20-16(23)12-8-15(22)21(11-12)14-6-4-3-5-7-14/h3-7,9-10,12H,2,8,11H2,1H3,(H,20,23). The van der Waals surface area contributed by atoms with Gasteiger partial charge in [-0.05, 0) is 19.1 Å². The molecule has 1 saturated heterocycles. The van der Waals surface area contributed by atoms with Gasteiger partial charge in [0.2, 0.25) is 11.8 Å². The van der Waals surface area contributed by atoms with Crippen LogP contribution in [0.25, 0.3) is 0 Å². The maximum Gasteiger partial charge on any atom is 0.316 e. The highest BCUT2D eigenvalue weighted by molar-refractivity contribution is 6.03. The van der Waals surface area contributed by atoms with E-state index in [1.807, 2.05) is 37.3 Å². The molecule has 0 spiro atoms. The third-order valence-corrected chi connectivity index (χ3v) is 3.73. The van der Waals surface area contributed by atoms with E-state index in [1.165, 1.54) is 12.4 Å². The van der Waals surface area contributed by atoms with Crippen molar-refractivity contribution < 1.29 is 14.3 Å².